The number of carbonyl (C=O) groups excluding carboxylic acids is 1. The van der Waals surface area contributed by atoms with Crippen LogP contribution in [0.15, 0.2) is 18.2 Å². The van der Waals surface area contributed by atoms with E-state index in [-0.39, 0.29) is 12.3 Å². The van der Waals surface area contributed by atoms with Gasteiger partial charge in [0.1, 0.15) is 0 Å². The molecule has 0 fully saturated rings. The molecule has 5 nitrogen and oxygen atoms in total. The molecule has 0 radical (unpaired) electrons. The molecule has 1 aromatic rings. The number of sulfonamides is 1. The van der Waals surface area contributed by atoms with Crippen molar-refractivity contribution in [1.29, 1.82) is 0 Å². The van der Waals surface area contributed by atoms with Gasteiger partial charge in [-0.15, -0.1) is 0 Å². The fourth-order valence-corrected chi connectivity index (χ4v) is 2.94. The Bertz CT molecular complexity index is 655. The summed E-state index contributed by atoms with van der Waals surface area (Å²) in [6, 6.07) is 4.84. The van der Waals surface area contributed by atoms with E-state index in [2.05, 4.69) is 10.0 Å². The largest absolute Gasteiger partial charge is 0.325 e. The average Bonchev–Trinajstić information content (AvgIpc) is 2.40. The number of benzene rings is 1. The Morgan fingerprint density at radius 1 is 1.17 bits per heavy atom. The summed E-state index contributed by atoms with van der Waals surface area (Å²) in [5.41, 5.74) is 0.509. The first-order chi connectivity index (χ1) is 10.5. The average molecular weight is 381 g/mol. The van der Waals surface area contributed by atoms with Gasteiger partial charge in [-0.3, -0.25) is 4.79 Å². The van der Waals surface area contributed by atoms with Gasteiger partial charge in [0.15, 0.2) is 0 Å². The molecule has 0 atom stereocenters. The molecule has 23 heavy (non-hydrogen) atoms. The Morgan fingerprint density at radius 2 is 1.83 bits per heavy atom. The van der Waals surface area contributed by atoms with Crippen molar-refractivity contribution in [3.05, 3.63) is 28.2 Å². The number of amides is 1. The Hall–Kier alpha value is -0.820. The monoisotopic (exact) mass is 380 g/mol. The van der Waals surface area contributed by atoms with E-state index in [9.17, 15) is 13.2 Å². The Kier molecular flexibility index (Phi) is 7.32. The molecule has 0 unspecified atom stereocenters. The second kappa shape index (κ2) is 8.33. The van der Waals surface area contributed by atoms with Crippen molar-refractivity contribution in [2.75, 3.05) is 11.9 Å². The van der Waals surface area contributed by atoms with Gasteiger partial charge in [-0.2, -0.15) is 0 Å². The van der Waals surface area contributed by atoms with Crippen LogP contribution in [0.1, 0.15) is 40.0 Å². The highest BCUT2D eigenvalue weighted by molar-refractivity contribution is 7.90. The van der Waals surface area contributed by atoms with Crippen LogP contribution in [0, 0.1) is 0 Å². The highest BCUT2D eigenvalue weighted by Crippen LogP contribution is 2.25. The number of hydrogen-bond acceptors (Lipinski definition) is 3. The molecule has 0 aliphatic rings. The third kappa shape index (κ3) is 6.67. The maximum absolute atomic E-state index is 11.8. The minimum atomic E-state index is -3.34. The van der Waals surface area contributed by atoms with Crippen LogP contribution in [0.5, 0.6) is 0 Å². The Labute approximate surface area is 147 Å². The van der Waals surface area contributed by atoms with Crippen LogP contribution < -0.4 is 10.0 Å². The van der Waals surface area contributed by atoms with Crippen molar-refractivity contribution < 1.29 is 13.2 Å². The summed E-state index contributed by atoms with van der Waals surface area (Å²) in [4.78, 5) is 11.8. The van der Waals surface area contributed by atoms with Crippen LogP contribution in [0.2, 0.25) is 10.0 Å². The molecule has 0 aliphatic heterocycles. The van der Waals surface area contributed by atoms with Crippen LogP contribution in [0.4, 0.5) is 5.69 Å². The number of carbonyl (C=O) groups is 1. The maximum Gasteiger partial charge on any atom is 0.224 e. The number of nitrogens with one attached hydrogen (secondary N) is 2. The van der Waals surface area contributed by atoms with E-state index in [0.717, 1.165) is 0 Å². The van der Waals surface area contributed by atoms with Gasteiger partial charge in [-0.25, -0.2) is 13.1 Å². The summed E-state index contributed by atoms with van der Waals surface area (Å²) >= 11 is 11.8. The summed E-state index contributed by atoms with van der Waals surface area (Å²) in [7, 11) is -3.34. The number of halogens is 2. The van der Waals surface area contributed by atoms with E-state index < -0.39 is 14.8 Å². The lowest BCUT2D eigenvalue weighted by Gasteiger charge is -2.19. The third-order valence-electron chi connectivity index (χ3n) is 3.13. The van der Waals surface area contributed by atoms with E-state index in [4.69, 9.17) is 23.2 Å². The number of hydrogen-bond donors (Lipinski definition) is 2. The van der Waals surface area contributed by atoms with Gasteiger partial charge in [0.2, 0.25) is 15.9 Å². The molecule has 130 valence electrons. The molecule has 1 rings (SSSR count). The second-order valence-electron chi connectivity index (χ2n) is 6.14. The smallest absolute Gasteiger partial charge is 0.224 e. The van der Waals surface area contributed by atoms with Crippen LogP contribution >= 0.6 is 23.2 Å². The minimum absolute atomic E-state index is 0.173. The Morgan fingerprint density at radius 3 is 2.39 bits per heavy atom. The molecule has 1 amide bonds. The van der Waals surface area contributed by atoms with Crippen molar-refractivity contribution in [2.45, 2.75) is 44.8 Å². The molecule has 0 saturated carbocycles. The first kappa shape index (κ1) is 20.2. The van der Waals surface area contributed by atoms with Crippen LogP contribution in [0.3, 0.4) is 0 Å². The predicted molar refractivity (Wildman–Crippen MR) is 95.6 cm³/mol. The zero-order valence-corrected chi connectivity index (χ0v) is 15.8. The van der Waals surface area contributed by atoms with Crippen molar-refractivity contribution in [3.63, 3.8) is 0 Å². The molecule has 0 bridgehead atoms. The molecule has 2 N–H and O–H groups in total. The van der Waals surface area contributed by atoms with Crippen molar-refractivity contribution in [3.8, 4) is 0 Å². The quantitative estimate of drug-likeness (QED) is 0.705. The van der Waals surface area contributed by atoms with E-state index in [1.807, 2.05) is 0 Å². The van der Waals surface area contributed by atoms with Gasteiger partial charge in [0, 0.05) is 18.0 Å². The predicted octanol–water partition coefficient (Wildman–Crippen LogP) is 3.82. The molecular formula is C15H22Cl2N2O3S. The van der Waals surface area contributed by atoms with Crippen molar-refractivity contribution >= 4 is 44.8 Å². The summed E-state index contributed by atoms with van der Waals surface area (Å²) in [6.45, 7) is 5.23. The van der Waals surface area contributed by atoms with Crippen LogP contribution in [-0.4, -0.2) is 25.6 Å². The molecule has 0 spiro atoms. The summed E-state index contributed by atoms with van der Waals surface area (Å²) < 4.78 is 25.4. The lowest BCUT2D eigenvalue weighted by atomic mass is 10.2. The van der Waals surface area contributed by atoms with E-state index >= 15 is 0 Å². The van der Waals surface area contributed by atoms with Crippen LogP contribution in [0.25, 0.3) is 0 Å². The van der Waals surface area contributed by atoms with Gasteiger partial charge in [0.25, 0.3) is 0 Å². The SMILES string of the molecule is CC(C)(C)S(=O)(=O)NCCCCC(=O)Nc1ccc(Cl)cc1Cl. The molecule has 8 heteroatoms. The highest BCUT2D eigenvalue weighted by Gasteiger charge is 2.27. The van der Waals surface area contributed by atoms with Gasteiger partial charge in [-0.1, -0.05) is 23.2 Å². The fraction of sp³-hybridized carbons (Fsp3) is 0.533. The topological polar surface area (TPSA) is 75.3 Å². The van der Waals surface area contributed by atoms with E-state index in [0.29, 0.717) is 35.1 Å². The number of unbranched alkanes of at least 4 members (excludes halogenated alkanes) is 1. The maximum atomic E-state index is 11.8. The summed E-state index contributed by atoms with van der Waals surface area (Å²) in [6.07, 6.45) is 1.44. The number of anilines is 1. The molecule has 0 heterocycles. The zero-order chi connectivity index (χ0) is 17.7. The molecule has 0 aromatic heterocycles. The molecule has 1 aromatic carbocycles. The minimum Gasteiger partial charge on any atom is -0.325 e. The fourth-order valence-electron chi connectivity index (χ4n) is 1.64. The van der Waals surface area contributed by atoms with Crippen LogP contribution in [-0.2, 0) is 14.8 Å². The van der Waals surface area contributed by atoms with Crippen molar-refractivity contribution in [2.24, 2.45) is 0 Å². The Balaban J connectivity index is 2.32. The molecule has 0 aliphatic carbocycles. The van der Waals surface area contributed by atoms with Gasteiger partial charge < -0.3 is 5.32 Å². The molecular weight excluding hydrogens is 359 g/mol. The third-order valence-corrected chi connectivity index (χ3v) is 5.88. The van der Waals surface area contributed by atoms with Gasteiger partial charge >= 0.3 is 0 Å². The first-order valence-electron chi connectivity index (χ1n) is 7.27. The van der Waals surface area contributed by atoms with Gasteiger partial charge in [0.05, 0.1) is 15.5 Å². The standard InChI is InChI=1S/C15H22Cl2N2O3S/c1-15(2,3)23(21,22)18-9-5-4-6-14(20)19-13-8-7-11(16)10-12(13)17/h7-8,10,18H,4-6,9H2,1-3H3,(H,19,20). The lowest BCUT2D eigenvalue weighted by Crippen LogP contribution is -2.39. The second-order valence-corrected chi connectivity index (χ2v) is 9.50. The van der Waals surface area contributed by atoms with Crippen molar-refractivity contribution in [1.82, 2.24) is 4.72 Å². The highest BCUT2D eigenvalue weighted by atomic mass is 35.5. The zero-order valence-electron chi connectivity index (χ0n) is 13.4. The summed E-state index contributed by atoms with van der Waals surface area (Å²) in [5.74, 6) is -0.173. The lowest BCUT2D eigenvalue weighted by molar-refractivity contribution is -0.116. The van der Waals surface area contributed by atoms with E-state index in [1.54, 1.807) is 39.0 Å². The number of rotatable bonds is 7. The molecule has 0 saturated heterocycles. The first-order valence-corrected chi connectivity index (χ1v) is 9.51. The van der Waals surface area contributed by atoms with E-state index in [1.165, 1.54) is 0 Å². The normalized spacial score (nSPS) is 12.2. The van der Waals surface area contributed by atoms with Gasteiger partial charge in [-0.05, 0) is 51.8 Å². The summed E-state index contributed by atoms with van der Waals surface area (Å²) in [5, 5.41) is 3.58.